The first-order chi connectivity index (χ1) is 14.4. The predicted molar refractivity (Wildman–Crippen MR) is 118 cm³/mol. The Labute approximate surface area is 179 Å². The van der Waals surface area contributed by atoms with Crippen LogP contribution in [-0.2, 0) is 25.5 Å². The Bertz CT molecular complexity index is 826. The Morgan fingerprint density at radius 3 is 2.27 bits per heavy atom. The summed E-state index contributed by atoms with van der Waals surface area (Å²) < 4.78 is 10.9. The molecule has 3 atom stereocenters. The molecule has 2 aromatic rings. The summed E-state index contributed by atoms with van der Waals surface area (Å²) in [5, 5.41) is 0. The minimum absolute atomic E-state index is 0.0783. The maximum absolute atomic E-state index is 12.2. The molecule has 3 rings (SSSR count). The molecular formula is C26H32O4. The minimum Gasteiger partial charge on any atom is -0.460 e. The lowest BCUT2D eigenvalue weighted by atomic mass is 9.75. The topological polar surface area (TPSA) is 52.6 Å². The van der Waals surface area contributed by atoms with Crippen molar-refractivity contribution in [1.29, 1.82) is 0 Å². The molecule has 4 heteroatoms. The van der Waals surface area contributed by atoms with E-state index in [1.807, 2.05) is 54.6 Å². The average Bonchev–Trinajstić information content (AvgIpc) is 2.73. The van der Waals surface area contributed by atoms with Crippen molar-refractivity contribution in [1.82, 2.24) is 0 Å². The lowest BCUT2D eigenvalue weighted by Gasteiger charge is -2.36. The number of esters is 2. The summed E-state index contributed by atoms with van der Waals surface area (Å²) in [6.07, 6.45) is 3.20. The van der Waals surface area contributed by atoms with E-state index in [1.54, 1.807) is 0 Å². The van der Waals surface area contributed by atoms with Crippen molar-refractivity contribution in [3.05, 3.63) is 60.2 Å². The summed E-state index contributed by atoms with van der Waals surface area (Å²) in [7, 11) is 0. The number of benzene rings is 2. The molecule has 0 amide bonds. The van der Waals surface area contributed by atoms with E-state index in [4.69, 9.17) is 9.47 Å². The summed E-state index contributed by atoms with van der Waals surface area (Å²) >= 11 is 0. The highest BCUT2D eigenvalue weighted by atomic mass is 16.6. The van der Waals surface area contributed by atoms with Crippen LogP contribution in [0.1, 0.15) is 45.6 Å². The minimum atomic E-state index is -0.451. The highest BCUT2D eigenvalue weighted by molar-refractivity contribution is 5.78. The number of carbonyl (C=O) groups excluding carboxylic acids is 2. The molecule has 1 aliphatic rings. The van der Waals surface area contributed by atoms with Crippen LogP contribution in [0.25, 0.3) is 11.1 Å². The second-order valence-corrected chi connectivity index (χ2v) is 8.75. The predicted octanol–water partition coefficient (Wildman–Crippen LogP) is 5.44. The van der Waals surface area contributed by atoms with E-state index < -0.39 is 11.9 Å². The fraction of sp³-hybridized carbons (Fsp3) is 0.462. The molecule has 4 nitrogen and oxygen atoms in total. The van der Waals surface area contributed by atoms with Crippen molar-refractivity contribution in [3.8, 4) is 11.1 Å². The second kappa shape index (κ2) is 10.4. The van der Waals surface area contributed by atoms with E-state index in [9.17, 15) is 9.59 Å². The monoisotopic (exact) mass is 408 g/mol. The number of rotatable bonds is 7. The fourth-order valence-corrected chi connectivity index (χ4v) is 4.26. The molecular weight excluding hydrogens is 376 g/mol. The SMILES string of the molecule is CC(C)[C@H]1CC[C@@H](C)C[C@H]1OC(=O)COC(=O)Cc1ccc(-c2ccccc2)cc1. The Morgan fingerprint density at radius 1 is 0.933 bits per heavy atom. The van der Waals surface area contributed by atoms with Crippen molar-refractivity contribution in [2.24, 2.45) is 17.8 Å². The van der Waals surface area contributed by atoms with Gasteiger partial charge in [-0.15, -0.1) is 0 Å². The van der Waals surface area contributed by atoms with Crippen molar-refractivity contribution in [2.75, 3.05) is 6.61 Å². The summed E-state index contributed by atoms with van der Waals surface area (Å²) in [5.74, 6) is 0.532. The summed E-state index contributed by atoms with van der Waals surface area (Å²) in [6, 6.07) is 17.9. The molecule has 0 spiro atoms. The van der Waals surface area contributed by atoms with Gasteiger partial charge in [-0.3, -0.25) is 4.79 Å². The maximum atomic E-state index is 12.2. The molecule has 0 N–H and O–H groups in total. The standard InChI is InChI=1S/C26H32O4/c1-18(2)23-14-9-19(3)15-24(23)30-26(28)17-29-25(27)16-20-10-12-22(13-11-20)21-7-5-4-6-8-21/h4-8,10-13,18-19,23-24H,9,14-17H2,1-3H3/t19-,23-,24-/m1/s1. The molecule has 0 radical (unpaired) electrons. The van der Waals surface area contributed by atoms with E-state index in [-0.39, 0.29) is 19.1 Å². The molecule has 0 aromatic heterocycles. The number of carbonyl (C=O) groups is 2. The molecule has 1 fully saturated rings. The molecule has 2 aromatic carbocycles. The van der Waals surface area contributed by atoms with Gasteiger partial charge in [-0.25, -0.2) is 4.79 Å². The van der Waals surface area contributed by atoms with Crippen LogP contribution in [-0.4, -0.2) is 24.6 Å². The first-order valence-electron chi connectivity index (χ1n) is 10.9. The molecule has 0 bridgehead atoms. The molecule has 160 valence electrons. The zero-order valence-electron chi connectivity index (χ0n) is 18.2. The van der Waals surface area contributed by atoms with Crippen molar-refractivity contribution >= 4 is 11.9 Å². The molecule has 0 unspecified atom stereocenters. The number of ether oxygens (including phenoxy) is 2. The average molecular weight is 409 g/mol. The molecule has 0 heterocycles. The number of hydrogen-bond donors (Lipinski definition) is 0. The third-order valence-corrected chi connectivity index (χ3v) is 6.00. The van der Waals surface area contributed by atoms with Gasteiger partial charge < -0.3 is 9.47 Å². The summed E-state index contributed by atoms with van der Waals surface area (Å²) in [6.45, 7) is 6.21. The van der Waals surface area contributed by atoms with Gasteiger partial charge in [-0.2, -0.15) is 0 Å². The number of hydrogen-bond acceptors (Lipinski definition) is 4. The van der Waals surface area contributed by atoms with Crippen LogP contribution in [0.3, 0.4) is 0 Å². The largest absolute Gasteiger partial charge is 0.460 e. The van der Waals surface area contributed by atoms with Gasteiger partial charge in [0.25, 0.3) is 0 Å². The highest BCUT2D eigenvalue weighted by Crippen LogP contribution is 2.35. The van der Waals surface area contributed by atoms with Gasteiger partial charge in [0.05, 0.1) is 6.42 Å². The van der Waals surface area contributed by atoms with Crippen LogP contribution in [0.5, 0.6) is 0 Å². The Balaban J connectivity index is 1.46. The molecule has 0 aliphatic heterocycles. The molecule has 1 saturated carbocycles. The van der Waals surface area contributed by atoms with Gasteiger partial charge in [-0.05, 0) is 47.3 Å². The van der Waals surface area contributed by atoms with Crippen molar-refractivity contribution in [2.45, 2.75) is 52.6 Å². The first-order valence-corrected chi connectivity index (χ1v) is 10.9. The van der Waals surface area contributed by atoms with Crippen LogP contribution >= 0.6 is 0 Å². The van der Waals surface area contributed by atoms with Crippen LogP contribution < -0.4 is 0 Å². The smallest absolute Gasteiger partial charge is 0.344 e. The lowest BCUT2D eigenvalue weighted by Crippen LogP contribution is -2.36. The van der Waals surface area contributed by atoms with Crippen LogP contribution in [0, 0.1) is 17.8 Å². The van der Waals surface area contributed by atoms with E-state index in [0.717, 1.165) is 29.5 Å². The first kappa shape index (κ1) is 22.1. The van der Waals surface area contributed by atoms with Crippen LogP contribution in [0.2, 0.25) is 0 Å². The van der Waals surface area contributed by atoms with Gasteiger partial charge in [0, 0.05) is 0 Å². The van der Waals surface area contributed by atoms with Crippen LogP contribution in [0.4, 0.5) is 0 Å². The molecule has 0 saturated heterocycles. The van der Waals surface area contributed by atoms with E-state index in [2.05, 4.69) is 20.8 Å². The Morgan fingerprint density at radius 2 is 1.60 bits per heavy atom. The fourth-order valence-electron chi connectivity index (χ4n) is 4.26. The van der Waals surface area contributed by atoms with Gasteiger partial charge in [0.1, 0.15) is 6.10 Å². The van der Waals surface area contributed by atoms with Crippen molar-refractivity contribution in [3.63, 3.8) is 0 Å². The zero-order chi connectivity index (χ0) is 21.5. The van der Waals surface area contributed by atoms with Gasteiger partial charge in [0.2, 0.25) is 0 Å². The quantitative estimate of drug-likeness (QED) is 0.572. The molecule has 30 heavy (non-hydrogen) atoms. The normalized spacial score (nSPS) is 21.3. The van der Waals surface area contributed by atoms with E-state index >= 15 is 0 Å². The Kier molecular flexibility index (Phi) is 7.67. The Hall–Kier alpha value is -2.62. The van der Waals surface area contributed by atoms with Crippen molar-refractivity contribution < 1.29 is 19.1 Å². The van der Waals surface area contributed by atoms with E-state index in [0.29, 0.717) is 17.8 Å². The summed E-state index contributed by atoms with van der Waals surface area (Å²) in [5.41, 5.74) is 3.08. The van der Waals surface area contributed by atoms with Gasteiger partial charge in [-0.1, -0.05) is 81.8 Å². The van der Waals surface area contributed by atoms with Gasteiger partial charge in [0.15, 0.2) is 6.61 Å². The zero-order valence-corrected chi connectivity index (χ0v) is 18.2. The second-order valence-electron chi connectivity index (χ2n) is 8.75. The third kappa shape index (κ3) is 6.19. The van der Waals surface area contributed by atoms with E-state index in [1.165, 1.54) is 6.42 Å². The summed E-state index contributed by atoms with van der Waals surface area (Å²) in [4.78, 5) is 24.4. The van der Waals surface area contributed by atoms with Crippen LogP contribution in [0.15, 0.2) is 54.6 Å². The van der Waals surface area contributed by atoms with Gasteiger partial charge >= 0.3 is 11.9 Å². The third-order valence-electron chi connectivity index (χ3n) is 6.00. The molecule has 1 aliphatic carbocycles. The maximum Gasteiger partial charge on any atom is 0.344 e. The highest BCUT2D eigenvalue weighted by Gasteiger charge is 2.33. The lowest BCUT2D eigenvalue weighted by molar-refractivity contribution is -0.166.